The molecule has 0 saturated carbocycles. The number of rotatable bonds is 6. The highest BCUT2D eigenvalue weighted by Crippen LogP contribution is 2.16. The number of unbranched alkanes of at least 4 members (excludes halogenated alkanes) is 1. The molecule has 0 spiro atoms. The first kappa shape index (κ1) is 16.8. The largest absolute Gasteiger partial charge is 0.399 e. The van der Waals surface area contributed by atoms with Crippen LogP contribution in [0.5, 0.6) is 0 Å². The first-order chi connectivity index (χ1) is 10.6. The molecule has 4 nitrogen and oxygen atoms in total. The third kappa shape index (κ3) is 4.73. The van der Waals surface area contributed by atoms with E-state index in [0.29, 0.717) is 11.3 Å². The molecule has 1 fully saturated rings. The van der Waals surface area contributed by atoms with Crippen molar-refractivity contribution in [3.63, 3.8) is 0 Å². The van der Waals surface area contributed by atoms with Crippen molar-refractivity contribution in [2.45, 2.75) is 52.0 Å². The molecule has 1 unspecified atom stereocenters. The zero-order valence-corrected chi connectivity index (χ0v) is 13.9. The van der Waals surface area contributed by atoms with Crippen LogP contribution in [0.4, 0.5) is 5.69 Å². The summed E-state index contributed by atoms with van der Waals surface area (Å²) < 4.78 is 0. The number of carbonyl (C=O) groups excluding carboxylic acids is 1. The lowest BCUT2D eigenvalue weighted by Crippen LogP contribution is -2.38. The molecule has 1 aliphatic rings. The second-order valence-corrected chi connectivity index (χ2v) is 6.42. The van der Waals surface area contributed by atoms with Gasteiger partial charge in [0.2, 0.25) is 0 Å². The third-order valence-electron chi connectivity index (χ3n) is 4.60. The number of hydrogen-bond acceptors (Lipinski definition) is 3. The number of nitrogens with zero attached hydrogens (tertiary/aromatic N) is 1. The maximum atomic E-state index is 12.2. The van der Waals surface area contributed by atoms with Crippen LogP contribution >= 0.6 is 0 Å². The smallest absolute Gasteiger partial charge is 0.251 e. The van der Waals surface area contributed by atoms with E-state index in [2.05, 4.69) is 17.1 Å². The van der Waals surface area contributed by atoms with Gasteiger partial charge in [-0.25, -0.2) is 0 Å². The Kier molecular flexibility index (Phi) is 6.25. The molecule has 1 aliphatic heterocycles. The molecule has 122 valence electrons. The second-order valence-electron chi connectivity index (χ2n) is 6.42. The molecule has 1 atom stereocenters. The van der Waals surface area contributed by atoms with E-state index in [1.165, 1.54) is 25.8 Å². The predicted octanol–water partition coefficient (Wildman–Crippen LogP) is 2.96. The van der Waals surface area contributed by atoms with Crippen molar-refractivity contribution < 1.29 is 4.79 Å². The SMILES string of the molecule is Cc1ccc(N)cc1C(=O)NCCCCN1CCCCC1C. The number of aryl methyl sites for hydroxylation is 1. The van der Waals surface area contributed by atoms with Crippen LogP contribution in [0, 0.1) is 6.92 Å². The molecule has 1 amide bonds. The van der Waals surface area contributed by atoms with Crippen LogP contribution in [0.3, 0.4) is 0 Å². The standard InChI is InChI=1S/C18H29N3O/c1-14-8-9-16(19)13-17(14)18(22)20-10-4-6-12-21-11-5-3-7-15(21)2/h8-9,13,15H,3-7,10-12,19H2,1-2H3,(H,20,22). The van der Waals surface area contributed by atoms with E-state index in [0.717, 1.165) is 37.5 Å². The minimum atomic E-state index is -0.0175. The maximum Gasteiger partial charge on any atom is 0.251 e. The number of nitrogen functional groups attached to an aromatic ring is 1. The number of amides is 1. The van der Waals surface area contributed by atoms with Gasteiger partial charge in [-0.05, 0) is 70.3 Å². The minimum absolute atomic E-state index is 0.0175. The highest BCUT2D eigenvalue weighted by molar-refractivity contribution is 5.96. The Morgan fingerprint density at radius 3 is 2.95 bits per heavy atom. The monoisotopic (exact) mass is 303 g/mol. The third-order valence-corrected chi connectivity index (χ3v) is 4.60. The van der Waals surface area contributed by atoms with Crippen molar-refractivity contribution in [2.75, 3.05) is 25.4 Å². The second kappa shape index (κ2) is 8.18. The number of nitrogens with two attached hydrogens (primary N) is 1. The van der Waals surface area contributed by atoms with Crippen molar-refractivity contribution in [1.29, 1.82) is 0 Å². The Hall–Kier alpha value is -1.55. The molecular formula is C18H29N3O. The van der Waals surface area contributed by atoms with Gasteiger partial charge in [0.15, 0.2) is 0 Å². The maximum absolute atomic E-state index is 12.2. The van der Waals surface area contributed by atoms with Gasteiger partial charge in [-0.2, -0.15) is 0 Å². The van der Waals surface area contributed by atoms with Crippen molar-refractivity contribution in [3.8, 4) is 0 Å². The van der Waals surface area contributed by atoms with E-state index in [-0.39, 0.29) is 5.91 Å². The van der Waals surface area contributed by atoms with Gasteiger partial charge in [0, 0.05) is 23.8 Å². The molecule has 0 aliphatic carbocycles. The summed E-state index contributed by atoms with van der Waals surface area (Å²) in [5.41, 5.74) is 8.04. The Morgan fingerprint density at radius 2 is 2.18 bits per heavy atom. The zero-order valence-electron chi connectivity index (χ0n) is 13.9. The van der Waals surface area contributed by atoms with E-state index < -0.39 is 0 Å². The van der Waals surface area contributed by atoms with Crippen LogP contribution in [-0.2, 0) is 0 Å². The van der Waals surface area contributed by atoms with Gasteiger partial charge in [0.1, 0.15) is 0 Å². The quantitative estimate of drug-likeness (QED) is 0.627. The van der Waals surface area contributed by atoms with Crippen molar-refractivity contribution >= 4 is 11.6 Å². The first-order valence-corrected chi connectivity index (χ1v) is 8.46. The summed E-state index contributed by atoms with van der Waals surface area (Å²) in [6, 6.07) is 6.19. The Morgan fingerprint density at radius 1 is 1.36 bits per heavy atom. The lowest BCUT2D eigenvalue weighted by Gasteiger charge is -2.33. The average molecular weight is 303 g/mol. The number of piperidine rings is 1. The summed E-state index contributed by atoms with van der Waals surface area (Å²) in [4.78, 5) is 14.7. The highest BCUT2D eigenvalue weighted by Gasteiger charge is 2.17. The molecule has 0 aromatic heterocycles. The van der Waals surface area contributed by atoms with Crippen LogP contribution in [-0.4, -0.2) is 36.5 Å². The molecule has 4 heteroatoms. The molecule has 22 heavy (non-hydrogen) atoms. The number of likely N-dealkylation sites (tertiary alicyclic amines) is 1. The molecule has 1 aromatic rings. The van der Waals surface area contributed by atoms with Crippen molar-refractivity contribution in [1.82, 2.24) is 10.2 Å². The molecule has 0 bridgehead atoms. The van der Waals surface area contributed by atoms with Crippen LogP contribution < -0.4 is 11.1 Å². The van der Waals surface area contributed by atoms with Crippen LogP contribution in [0.1, 0.15) is 54.9 Å². The van der Waals surface area contributed by atoms with Gasteiger partial charge < -0.3 is 16.0 Å². The fourth-order valence-corrected chi connectivity index (χ4v) is 3.11. The summed E-state index contributed by atoms with van der Waals surface area (Å²) in [5.74, 6) is -0.0175. The summed E-state index contributed by atoms with van der Waals surface area (Å²) >= 11 is 0. The van der Waals surface area contributed by atoms with E-state index >= 15 is 0 Å². The van der Waals surface area contributed by atoms with Gasteiger partial charge in [-0.15, -0.1) is 0 Å². The fraction of sp³-hybridized carbons (Fsp3) is 0.611. The summed E-state index contributed by atoms with van der Waals surface area (Å²) in [6.07, 6.45) is 6.19. The molecule has 1 heterocycles. The Bertz CT molecular complexity index is 501. The van der Waals surface area contributed by atoms with Crippen LogP contribution in [0.2, 0.25) is 0 Å². The predicted molar refractivity (Wildman–Crippen MR) is 92.0 cm³/mol. The number of nitrogens with one attached hydrogen (secondary N) is 1. The summed E-state index contributed by atoms with van der Waals surface area (Å²) in [5, 5.41) is 3.00. The molecule has 0 radical (unpaired) electrons. The zero-order chi connectivity index (χ0) is 15.9. The van der Waals surface area contributed by atoms with Gasteiger partial charge in [0.25, 0.3) is 5.91 Å². The summed E-state index contributed by atoms with van der Waals surface area (Å²) in [6.45, 7) is 7.37. The average Bonchev–Trinajstić information content (AvgIpc) is 2.51. The number of anilines is 1. The van der Waals surface area contributed by atoms with Gasteiger partial charge in [0.05, 0.1) is 0 Å². The van der Waals surface area contributed by atoms with Crippen LogP contribution in [0.15, 0.2) is 18.2 Å². The molecule has 1 saturated heterocycles. The topological polar surface area (TPSA) is 58.4 Å². The lowest BCUT2D eigenvalue weighted by atomic mass is 10.0. The molecule has 1 aromatic carbocycles. The normalized spacial score (nSPS) is 19.1. The summed E-state index contributed by atoms with van der Waals surface area (Å²) in [7, 11) is 0. The first-order valence-electron chi connectivity index (χ1n) is 8.46. The highest BCUT2D eigenvalue weighted by atomic mass is 16.1. The van der Waals surface area contributed by atoms with Crippen molar-refractivity contribution in [2.24, 2.45) is 0 Å². The van der Waals surface area contributed by atoms with Gasteiger partial charge in [-0.1, -0.05) is 12.5 Å². The van der Waals surface area contributed by atoms with Crippen molar-refractivity contribution in [3.05, 3.63) is 29.3 Å². The van der Waals surface area contributed by atoms with E-state index in [1.807, 2.05) is 19.1 Å². The number of carbonyl (C=O) groups is 1. The minimum Gasteiger partial charge on any atom is -0.399 e. The number of benzene rings is 1. The van der Waals surface area contributed by atoms with Crippen LogP contribution in [0.25, 0.3) is 0 Å². The fourth-order valence-electron chi connectivity index (χ4n) is 3.11. The van der Waals surface area contributed by atoms with E-state index in [1.54, 1.807) is 6.07 Å². The van der Waals surface area contributed by atoms with Gasteiger partial charge in [-0.3, -0.25) is 4.79 Å². The van der Waals surface area contributed by atoms with Gasteiger partial charge >= 0.3 is 0 Å². The van der Waals surface area contributed by atoms with E-state index in [9.17, 15) is 4.79 Å². The number of hydrogen-bond donors (Lipinski definition) is 2. The van der Waals surface area contributed by atoms with E-state index in [4.69, 9.17) is 5.73 Å². The Balaban J connectivity index is 1.68. The Labute approximate surface area is 134 Å². The lowest BCUT2D eigenvalue weighted by molar-refractivity contribution is 0.0951. The molecule has 3 N–H and O–H groups in total. The molecular weight excluding hydrogens is 274 g/mol. The molecule has 2 rings (SSSR count).